The zero-order valence-electron chi connectivity index (χ0n) is 9.83. The average Bonchev–Trinajstić information content (AvgIpc) is 2.18. The summed E-state index contributed by atoms with van der Waals surface area (Å²) in [5.74, 6) is -0.0677. The molecule has 1 saturated heterocycles. The van der Waals surface area contributed by atoms with Crippen LogP contribution in [0.5, 0.6) is 0 Å². The van der Waals surface area contributed by atoms with Gasteiger partial charge in [-0.2, -0.15) is 0 Å². The maximum atomic E-state index is 11.2. The Labute approximate surface area is 95.0 Å². The topological polar surface area (TPSA) is 87.0 Å². The van der Waals surface area contributed by atoms with Gasteiger partial charge in [-0.3, -0.25) is 4.79 Å². The smallest absolute Gasteiger partial charge is 0.161 e. The molecule has 0 aliphatic carbocycles. The van der Waals surface area contributed by atoms with E-state index in [9.17, 15) is 20.1 Å². The summed E-state index contributed by atoms with van der Waals surface area (Å²) in [5, 5.41) is 28.9. The van der Waals surface area contributed by atoms with Crippen LogP contribution in [0.4, 0.5) is 0 Å². The molecular weight excluding hydrogens is 212 g/mol. The highest BCUT2D eigenvalue weighted by atomic mass is 16.5. The third-order valence-electron chi connectivity index (χ3n) is 2.82. The Balaban J connectivity index is 2.77. The van der Waals surface area contributed by atoms with E-state index in [1.165, 1.54) is 6.92 Å². The van der Waals surface area contributed by atoms with Crippen LogP contribution in [0.25, 0.3) is 0 Å². The van der Waals surface area contributed by atoms with Crippen molar-refractivity contribution in [3.05, 3.63) is 0 Å². The summed E-state index contributed by atoms with van der Waals surface area (Å²) in [5.41, 5.74) is 0. The number of carbonyl (C=O) groups is 1. The van der Waals surface area contributed by atoms with Gasteiger partial charge in [0.2, 0.25) is 0 Å². The van der Waals surface area contributed by atoms with Crippen molar-refractivity contribution < 1.29 is 24.9 Å². The van der Waals surface area contributed by atoms with Crippen molar-refractivity contribution in [2.75, 3.05) is 0 Å². The zero-order valence-corrected chi connectivity index (χ0v) is 9.83. The van der Waals surface area contributed by atoms with Crippen LogP contribution in [0.15, 0.2) is 0 Å². The van der Waals surface area contributed by atoms with Gasteiger partial charge in [-0.25, -0.2) is 0 Å². The van der Waals surface area contributed by atoms with Gasteiger partial charge in [-0.05, 0) is 19.3 Å². The Bertz CT molecular complexity index is 253. The number of ether oxygens (including phenoxy) is 1. The molecule has 0 spiro atoms. The van der Waals surface area contributed by atoms with E-state index in [4.69, 9.17) is 4.74 Å². The Hall–Kier alpha value is -0.490. The third kappa shape index (κ3) is 2.79. The SMILES string of the molecule is CC(=O)C1OC(CC(C)C)C(O)C(O)[C@@H]1O. The molecule has 0 amide bonds. The highest BCUT2D eigenvalue weighted by Crippen LogP contribution is 2.25. The summed E-state index contributed by atoms with van der Waals surface area (Å²) in [6.45, 7) is 5.21. The number of Topliss-reactive ketones (excluding diaryl/α,β-unsaturated/α-hetero) is 1. The molecule has 0 aromatic rings. The molecule has 1 aliphatic heterocycles. The van der Waals surface area contributed by atoms with Crippen molar-refractivity contribution in [3.63, 3.8) is 0 Å². The van der Waals surface area contributed by atoms with E-state index in [1.807, 2.05) is 13.8 Å². The molecule has 0 aromatic heterocycles. The first-order valence-corrected chi connectivity index (χ1v) is 5.54. The Kier molecular flexibility index (Phi) is 4.43. The standard InChI is InChI=1S/C11H20O5/c1-5(2)4-7-8(13)9(14)10(15)11(16-7)6(3)12/h5,7-11,13-15H,4H2,1-3H3/t7?,8?,9?,10-,11?/m0/s1. The molecule has 1 rings (SSSR count). The van der Waals surface area contributed by atoms with E-state index in [-0.39, 0.29) is 11.7 Å². The lowest BCUT2D eigenvalue weighted by Gasteiger charge is -2.40. The van der Waals surface area contributed by atoms with E-state index in [2.05, 4.69) is 0 Å². The van der Waals surface area contributed by atoms with Crippen LogP contribution in [0.1, 0.15) is 27.2 Å². The van der Waals surface area contributed by atoms with Crippen LogP contribution >= 0.6 is 0 Å². The first-order valence-electron chi connectivity index (χ1n) is 5.54. The number of aliphatic hydroxyl groups excluding tert-OH is 3. The fourth-order valence-electron chi connectivity index (χ4n) is 1.95. The molecule has 1 heterocycles. The number of hydrogen-bond acceptors (Lipinski definition) is 5. The van der Waals surface area contributed by atoms with Crippen LogP contribution in [0.2, 0.25) is 0 Å². The lowest BCUT2D eigenvalue weighted by Crippen LogP contribution is -2.59. The fraction of sp³-hybridized carbons (Fsp3) is 0.909. The van der Waals surface area contributed by atoms with Crippen LogP contribution in [-0.2, 0) is 9.53 Å². The molecule has 0 bridgehead atoms. The molecule has 0 aromatic carbocycles. The Morgan fingerprint density at radius 2 is 1.75 bits per heavy atom. The van der Waals surface area contributed by atoms with Gasteiger partial charge in [0.25, 0.3) is 0 Å². The van der Waals surface area contributed by atoms with Gasteiger partial charge >= 0.3 is 0 Å². The molecule has 0 saturated carbocycles. The summed E-state index contributed by atoms with van der Waals surface area (Å²) in [4.78, 5) is 11.2. The minimum atomic E-state index is -1.35. The van der Waals surface area contributed by atoms with E-state index < -0.39 is 30.5 Å². The molecular formula is C11H20O5. The van der Waals surface area contributed by atoms with Crippen molar-refractivity contribution in [1.82, 2.24) is 0 Å². The predicted molar refractivity (Wildman–Crippen MR) is 56.8 cm³/mol. The van der Waals surface area contributed by atoms with E-state index in [1.54, 1.807) is 0 Å². The van der Waals surface area contributed by atoms with Crippen molar-refractivity contribution in [3.8, 4) is 0 Å². The zero-order chi connectivity index (χ0) is 12.5. The first-order chi connectivity index (χ1) is 7.34. The highest BCUT2D eigenvalue weighted by molar-refractivity contribution is 5.81. The largest absolute Gasteiger partial charge is 0.388 e. The number of hydrogen-bond donors (Lipinski definition) is 3. The van der Waals surface area contributed by atoms with Gasteiger partial charge in [-0.1, -0.05) is 13.8 Å². The fourth-order valence-corrected chi connectivity index (χ4v) is 1.95. The van der Waals surface area contributed by atoms with Crippen molar-refractivity contribution in [1.29, 1.82) is 0 Å². The summed E-state index contributed by atoms with van der Waals surface area (Å²) in [6.07, 6.45) is -4.93. The van der Waals surface area contributed by atoms with Crippen molar-refractivity contribution in [2.24, 2.45) is 5.92 Å². The van der Waals surface area contributed by atoms with E-state index >= 15 is 0 Å². The second kappa shape index (κ2) is 5.23. The molecule has 1 fully saturated rings. The lowest BCUT2D eigenvalue weighted by molar-refractivity contribution is -0.221. The number of aliphatic hydroxyl groups is 3. The van der Waals surface area contributed by atoms with Crippen LogP contribution in [0, 0.1) is 5.92 Å². The average molecular weight is 232 g/mol. The van der Waals surface area contributed by atoms with Gasteiger partial charge in [0.05, 0.1) is 6.10 Å². The van der Waals surface area contributed by atoms with Gasteiger partial charge < -0.3 is 20.1 Å². The molecule has 16 heavy (non-hydrogen) atoms. The highest BCUT2D eigenvalue weighted by Gasteiger charge is 2.45. The van der Waals surface area contributed by atoms with Crippen molar-refractivity contribution >= 4 is 5.78 Å². The van der Waals surface area contributed by atoms with E-state index in [0.29, 0.717) is 6.42 Å². The first kappa shape index (κ1) is 13.6. The van der Waals surface area contributed by atoms with Gasteiger partial charge in [0.15, 0.2) is 5.78 Å². The summed E-state index contributed by atoms with van der Waals surface area (Å²) in [6, 6.07) is 0. The second-order valence-electron chi connectivity index (χ2n) is 4.81. The summed E-state index contributed by atoms with van der Waals surface area (Å²) < 4.78 is 5.34. The van der Waals surface area contributed by atoms with Crippen molar-refractivity contribution in [2.45, 2.75) is 57.7 Å². The van der Waals surface area contributed by atoms with Crippen LogP contribution in [-0.4, -0.2) is 51.6 Å². The minimum absolute atomic E-state index is 0.273. The molecule has 5 heteroatoms. The Morgan fingerprint density at radius 3 is 2.19 bits per heavy atom. The van der Waals surface area contributed by atoms with E-state index in [0.717, 1.165) is 0 Å². The second-order valence-corrected chi connectivity index (χ2v) is 4.81. The van der Waals surface area contributed by atoms with Gasteiger partial charge in [0, 0.05) is 0 Å². The molecule has 5 atom stereocenters. The monoisotopic (exact) mass is 232 g/mol. The Morgan fingerprint density at radius 1 is 1.19 bits per heavy atom. The molecule has 3 N–H and O–H groups in total. The van der Waals surface area contributed by atoms with Crippen LogP contribution in [0.3, 0.4) is 0 Å². The normalized spacial score (nSPS) is 40.1. The predicted octanol–water partition coefficient (Wildman–Crippen LogP) is -0.528. The number of carbonyl (C=O) groups excluding carboxylic acids is 1. The van der Waals surface area contributed by atoms with Gasteiger partial charge in [-0.15, -0.1) is 0 Å². The molecule has 4 unspecified atom stereocenters. The van der Waals surface area contributed by atoms with Crippen LogP contribution < -0.4 is 0 Å². The summed E-state index contributed by atoms with van der Waals surface area (Å²) in [7, 11) is 0. The maximum Gasteiger partial charge on any atom is 0.161 e. The molecule has 1 aliphatic rings. The minimum Gasteiger partial charge on any atom is -0.388 e. The number of rotatable bonds is 3. The van der Waals surface area contributed by atoms with Gasteiger partial charge in [0.1, 0.15) is 24.4 Å². The third-order valence-corrected chi connectivity index (χ3v) is 2.82. The molecule has 5 nitrogen and oxygen atoms in total. The number of ketones is 1. The maximum absolute atomic E-state index is 11.2. The summed E-state index contributed by atoms with van der Waals surface area (Å²) >= 11 is 0. The lowest BCUT2D eigenvalue weighted by atomic mass is 9.89. The molecule has 94 valence electrons. The quantitative estimate of drug-likeness (QED) is 0.609. The molecule has 0 radical (unpaired) electrons.